The van der Waals surface area contributed by atoms with Crippen molar-refractivity contribution in [2.75, 3.05) is 0 Å². The van der Waals surface area contributed by atoms with E-state index >= 15 is 0 Å². The fraction of sp³-hybridized carbons (Fsp3) is 0. The van der Waals surface area contributed by atoms with Crippen LogP contribution >= 0.6 is 0 Å². The Kier molecular flexibility index (Phi) is 4.94. The van der Waals surface area contributed by atoms with Crippen molar-refractivity contribution in [3.05, 3.63) is 89.5 Å². The minimum atomic E-state index is -1.16. The molecule has 1 aromatic heterocycles. The van der Waals surface area contributed by atoms with Gasteiger partial charge in [0.25, 0.3) is 0 Å². The third-order valence-corrected chi connectivity index (χ3v) is 4.17. The summed E-state index contributed by atoms with van der Waals surface area (Å²) < 4.78 is 80.9. The second kappa shape index (κ2) is 7.58. The number of rotatable bonds is 3. The number of nitrogens with zero attached hydrogens (tertiary/aromatic N) is 3. The lowest BCUT2D eigenvalue weighted by Crippen LogP contribution is -2.01. The zero-order valence-electron chi connectivity index (χ0n) is 14.8. The second-order valence-corrected chi connectivity index (χ2v) is 6.19. The second-order valence-electron chi connectivity index (χ2n) is 6.19. The minimum Gasteiger partial charge on any atom is -0.208 e. The molecular formula is C21H9F6N3. The van der Waals surface area contributed by atoms with E-state index in [9.17, 15) is 26.3 Å². The van der Waals surface area contributed by atoms with E-state index in [1.165, 1.54) is 18.2 Å². The highest BCUT2D eigenvalue weighted by Gasteiger charge is 2.16. The summed E-state index contributed by atoms with van der Waals surface area (Å²) in [5.74, 6) is -7.14. The van der Waals surface area contributed by atoms with E-state index in [0.717, 1.165) is 36.4 Å². The van der Waals surface area contributed by atoms with Crippen molar-refractivity contribution in [2.45, 2.75) is 0 Å². The van der Waals surface area contributed by atoms with E-state index in [1.807, 2.05) is 0 Å². The molecule has 0 unspecified atom stereocenters. The van der Waals surface area contributed by atoms with E-state index in [2.05, 4.69) is 15.0 Å². The normalized spacial score (nSPS) is 11.0. The lowest BCUT2D eigenvalue weighted by Gasteiger charge is -2.09. The van der Waals surface area contributed by atoms with Crippen LogP contribution in [0.3, 0.4) is 0 Å². The molecule has 4 rings (SSSR count). The van der Waals surface area contributed by atoms with E-state index in [1.54, 1.807) is 0 Å². The third-order valence-electron chi connectivity index (χ3n) is 4.17. The Morgan fingerprint density at radius 1 is 0.367 bits per heavy atom. The molecule has 0 aliphatic rings. The summed E-state index contributed by atoms with van der Waals surface area (Å²) in [5, 5.41) is 0. The Morgan fingerprint density at radius 2 is 0.633 bits per heavy atom. The molecule has 0 bridgehead atoms. The first-order chi connectivity index (χ1) is 14.3. The Labute approximate surface area is 165 Å². The topological polar surface area (TPSA) is 38.7 Å². The van der Waals surface area contributed by atoms with Gasteiger partial charge in [0.15, 0.2) is 52.4 Å². The summed E-state index contributed by atoms with van der Waals surface area (Å²) in [6, 6.07) is 8.74. The molecule has 0 aliphatic carbocycles. The number of halogens is 6. The maximum atomic E-state index is 13.7. The molecule has 0 radical (unpaired) electrons. The number of hydrogen-bond acceptors (Lipinski definition) is 3. The lowest BCUT2D eigenvalue weighted by molar-refractivity contribution is 0.508. The zero-order valence-corrected chi connectivity index (χ0v) is 14.8. The smallest absolute Gasteiger partial charge is 0.164 e. The molecule has 30 heavy (non-hydrogen) atoms. The van der Waals surface area contributed by atoms with Gasteiger partial charge in [-0.1, -0.05) is 0 Å². The molecule has 0 amide bonds. The van der Waals surface area contributed by atoms with E-state index < -0.39 is 34.9 Å². The van der Waals surface area contributed by atoms with Crippen LogP contribution < -0.4 is 0 Å². The predicted octanol–water partition coefficient (Wildman–Crippen LogP) is 5.71. The quantitative estimate of drug-likeness (QED) is 0.401. The van der Waals surface area contributed by atoms with Crippen LogP contribution in [0, 0.1) is 34.9 Å². The van der Waals surface area contributed by atoms with Crippen molar-refractivity contribution >= 4 is 0 Å². The molecule has 0 N–H and O–H groups in total. The highest BCUT2D eigenvalue weighted by molar-refractivity contribution is 5.66. The van der Waals surface area contributed by atoms with E-state index in [0.29, 0.717) is 0 Å². The molecule has 0 saturated heterocycles. The fourth-order valence-corrected chi connectivity index (χ4v) is 2.67. The van der Waals surface area contributed by atoms with Crippen molar-refractivity contribution in [2.24, 2.45) is 0 Å². The molecule has 1 heterocycles. The van der Waals surface area contributed by atoms with E-state index in [4.69, 9.17) is 0 Å². The number of aromatic nitrogens is 3. The van der Waals surface area contributed by atoms with Crippen molar-refractivity contribution in [1.29, 1.82) is 0 Å². The highest BCUT2D eigenvalue weighted by atomic mass is 19.2. The molecule has 150 valence electrons. The summed E-state index contributed by atoms with van der Waals surface area (Å²) in [6.45, 7) is 0. The predicted molar refractivity (Wildman–Crippen MR) is 95.9 cm³/mol. The molecule has 0 atom stereocenters. The van der Waals surface area contributed by atoms with Gasteiger partial charge in [-0.2, -0.15) is 0 Å². The molecule has 3 nitrogen and oxygen atoms in total. The first kappa shape index (κ1) is 19.6. The Balaban J connectivity index is 1.94. The van der Waals surface area contributed by atoms with Crippen molar-refractivity contribution < 1.29 is 26.3 Å². The molecule has 0 aliphatic heterocycles. The van der Waals surface area contributed by atoms with Gasteiger partial charge in [-0.3, -0.25) is 0 Å². The van der Waals surface area contributed by atoms with Crippen molar-refractivity contribution in [3.63, 3.8) is 0 Å². The van der Waals surface area contributed by atoms with Crippen LogP contribution in [0.25, 0.3) is 34.2 Å². The first-order valence-corrected chi connectivity index (χ1v) is 8.44. The molecule has 3 aromatic carbocycles. The van der Waals surface area contributed by atoms with Crippen molar-refractivity contribution in [1.82, 2.24) is 15.0 Å². The average Bonchev–Trinajstić information content (AvgIpc) is 2.73. The zero-order chi connectivity index (χ0) is 21.4. The molecule has 0 saturated carbocycles. The first-order valence-electron chi connectivity index (χ1n) is 8.44. The van der Waals surface area contributed by atoms with Crippen LogP contribution in [0.15, 0.2) is 54.6 Å². The van der Waals surface area contributed by atoms with Gasteiger partial charge >= 0.3 is 0 Å². The van der Waals surface area contributed by atoms with Gasteiger partial charge in [0.2, 0.25) is 0 Å². The summed E-state index contributed by atoms with van der Waals surface area (Å²) in [5.41, 5.74) is 0.178. The van der Waals surface area contributed by atoms with Gasteiger partial charge in [-0.25, -0.2) is 41.3 Å². The molecule has 0 spiro atoms. The minimum absolute atomic E-state index is 0.0592. The maximum absolute atomic E-state index is 13.7. The molecular weight excluding hydrogens is 408 g/mol. The van der Waals surface area contributed by atoms with Crippen molar-refractivity contribution in [3.8, 4) is 34.2 Å². The summed E-state index contributed by atoms with van der Waals surface area (Å²) in [7, 11) is 0. The standard InChI is InChI=1S/C21H9F6N3/c22-13-4-1-10(7-16(13)25)19-28-20(11-2-5-14(23)17(26)8-11)30-21(29-19)12-3-6-15(24)18(27)9-12/h1-9H. The lowest BCUT2D eigenvalue weighted by atomic mass is 10.1. The maximum Gasteiger partial charge on any atom is 0.164 e. The van der Waals surface area contributed by atoms with Crippen LogP contribution in [0.1, 0.15) is 0 Å². The van der Waals surface area contributed by atoms with Crippen LogP contribution in [0.5, 0.6) is 0 Å². The largest absolute Gasteiger partial charge is 0.208 e. The van der Waals surface area contributed by atoms with Crippen LogP contribution in [-0.4, -0.2) is 15.0 Å². The van der Waals surface area contributed by atoms with Crippen LogP contribution in [0.2, 0.25) is 0 Å². The number of hydrogen-bond donors (Lipinski definition) is 0. The van der Waals surface area contributed by atoms with Crippen LogP contribution in [-0.2, 0) is 0 Å². The van der Waals surface area contributed by atoms with Gasteiger partial charge in [0, 0.05) is 16.7 Å². The van der Waals surface area contributed by atoms with Gasteiger partial charge in [0.05, 0.1) is 0 Å². The van der Waals surface area contributed by atoms with E-state index in [-0.39, 0.29) is 34.2 Å². The highest BCUT2D eigenvalue weighted by Crippen LogP contribution is 2.27. The summed E-state index contributed by atoms with van der Waals surface area (Å²) >= 11 is 0. The fourth-order valence-electron chi connectivity index (χ4n) is 2.67. The Bertz CT molecular complexity index is 1110. The van der Waals surface area contributed by atoms with Gasteiger partial charge in [-0.05, 0) is 54.6 Å². The Hall–Kier alpha value is -3.75. The molecule has 0 fully saturated rings. The van der Waals surface area contributed by atoms with Gasteiger partial charge < -0.3 is 0 Å². The number of benzene rings is 3. The monoisotopic (exact) mass is 417 g/mol. The summed E-state index contributed by atoms with van der Waals surface area (Å²) in [6.07, 6.45) is 0. The van der Waals surface area contributed by atoms with Gasteiger partial charge in [0.1, 0.15) is 0 Å². The molecule has 4 aromatic rings. The average molecular weight is 417 g/mol. The molecule has 9 heteroatoms. The van der Waals surface area contributed by atoms with Gasteiger partial charge in [-0.15, -0.1) is 0 Å². The Morgan fingerprint density at radius 3 is 0.867 bits per heavy atom. The van der Waals surface area contributed by atoms with Crippen LogP contribution in [0.4, 0.5) is 26.3 Å². The SMILES string of the molecule is Fc1ccc(-c2nc(-c3ccc(F)c(F)c3)nc(-c3ccc(F)c(F)c3)n2)cc1F. The summed E-state index contributed by atoms with van der Waals surface area (Å²) in [4.78, 5) is 12.3. The third kappa shape index (κ3) is 3.73.